The van der Waals surface area contributed by atoms with E-state index in [-0.39, 0.29) is 16.3 Å². The van der Waals surface area contributed by atoms with Crippen molar-refractivity contribution in [2.75, 3.05) is 18.0 Å². The highest BCUT2D eigenvalue weighted by Crippen LogP contribution is 2.29. The summed E-state index contributed by atoms with van der Waals surface area (Å²) in [4.78, 5) is 23.0. The number of benzene rings is 3. The third kappa shape index (κ3) is 6.21. The molecular formula is C24H24N4O6S. The van der Waals surface area contributed by atoms with Crippen LogP contribution in [0.3, 0.4) is 0 Å². The maximum Gasteiger partial charge on any atom is 0.273 e. The van der Waals surface area contributed by atoms with E-state index < -0.39 is 27.4 Å². The second kappa shape index (κ2) is 10.8. The van der Waals surface area contributed by atoms with Crippen LogP contribution in [0.15, 0.2) is 76.7 Å². The van der Waals surface area contributed by atoms with E-state index in [1.54, 1.807) is 18.2 Å². The zero-order chi connectivity index (χ0) is 25.6. The predicted molar refractivity (Wildman–Crippen MR) is 132 cm³/mol. The molecule has 0 radical (unpaired) electrons. The smallest absolute Gasteiger partial charge is 0.273 e. The van der Waals surface area contributed by atoms with Crippen molar-refractivity contribution in [3.8, 4) is 5.75 Å². The number of nitrogens with one attached hydrogen (secondary N) is 1. The number of hydrogen-bond acceptors (Lipinski definition) is 7. The lowest BCUT2D eigenvalue weighted by molar-refractivity contribution is -0.385. The Kier molecular flexibility index (Phi) is 7.82. The van der Waals surface area contributed by atoms with Gasteiger partial charge >= 0.3 is 0 Å². The number of methoxy groups -OCH3 is 1. The number of hydrogen-bond donors (Lipinski definition) is 1. The maximum absolute atomic E-state index is 13.5. The van der Waals surface area contributed by atoms with Gasteiger partial charge in [0, 0.05) is 11.6 Å². The zero-order valence-corrected chi connectivity index (χ0v) is 20.2. The van der Waals surface area contributed by atoms with Crippen molar-refractivity contribution in [3.63, 3.8) is 0 Å². The predicted octanol–water partition coefficient (Wildman–Crippen LogP) is 3.57. The summed E-state index contributed by atoms with van der Waals surface area (Å²) in [7, 11) is -2.88. The van der Waals surface area contributed by atoms with E-state index >= 15 is 0 Å². The molecule has 0 bridgehead atoms. The highest BCUT2D eigenvalue weighted by Gasteiger charge is 2.29. The number of nitro benzene ring substituents is 1. The van der Waals surface area contributed by atoms with Crippen LogP contribution in [0.4, 0.5) is 11.4 Å². The summed E-state index contributed by atoms with van der Waals surface area (Å²) in [6.45, 7) is 2.82. The van der Waals surface area contributed by atoms with Gasteiger partial charge in [0.15, 0.2) is 0 Å². The molecule has 0 aliphatic carbocycles. The van der Waals surface area contributed by atoms with Crippen molar-refractivity contribution < 1.29 is 22.9 Å². The quantitative estimate of drug-likeness (QED) is 0.274. The van der Waals surface area contributed by atoms with Gasteiger partial charge in [0.25, 0.3) is 21.6 Å². The molecule has 0 saturated carbocycles. The van der Waals surface area contributed by atoms with Gasteiger partial charge < -0.3 is 4.74 Å². The van der Waals surface area contributed by atoms with Gasteiger partial charge in [0.1, 0.15) is 12.3 Å². The normalized spacial score (nSPS) is 11.3. The molecular weight excluding hydrogens is 472 g/mol. The lowest BCUT2D eigenvalue weighted by Gasteiger charge is -2.24. The van der Waals surface area contributed by atoms with Crippen molar-refractivity contribution in [2.24, 2.45) is 5.10 Å². The number of carbonyl (C=O) groups is 1. The molecule has 35 heavy (non-hydrogen) atoms. The summed E-state index contributed by atoms with van der Waals surface area (Å²) >= 11 is 0. The summed E-state index contributed by atoms with van der Waals surface area (Å²) < 4.78 is 33.0. The summed E-state index contributed by atoms with van der Waals surface area (Å²) in [5.74, 6) is -0.209. The summed E-state index contributed by atoms with van der Waals surface area (Å²) in [5.41, 5.74) is 4.25. The third-order valence-electron chi connectivity index (χ3n) is 5.06. The van der Waals surface area contributed by atoms with E-state index in [9.17, 15) is 23.3 Å². The Morgan fingerprint density at radius 3 is 2.46 bits per heavy atom. The van der Waals surface area contributed by atoms with E-state index in [2.05, 4.69) is 10.5 Å². The Morgan fingerprint density at radius 2 is 1.83 bits per heavy atom. The Hall–Kier alpha value is -4.25. The first-order chi connectivity index (χ1) is 16.6. The molecule has 0 spiro atoms. The number of anilines is 1. The highest BCUT2D eigenvalue weighted by molar-refractivity contribution is 7.92. The van der Waals surface area contributed by atoms with Gasteiger partial charge in [-0.25, -0.2) is 13.8 Å². The minimum Gasteiger partial charge on any atom is -0.497 e. The number of amides is 1. The largest absolute Gasteiger partial charge is 0.497 e. The van der Waals surface area contributed by atoms with Gasteiger partial charge in [-0.05, 0) is 49.7 Å². The van der Waals surface area contributed by atoms with Gasteiger partial charge in [0.2, 0.25) is 0 Å². The van der Waals surface area contributed by atoms with E-state index in [0.29, 0.717) is 11.3 Å². The molecule has 0 fully saturated rings. The molecule has 0 aliphatic rings. The monoisotopic (exact) mass is 496 g/mol. The average Bonchev–Trinajstić information content (AvgIpc) is 2.82. The highest BCUT2D eigenvalue weighted by atomic mass is 32.2. The molecule has 11 heteroatoms. The lowest BCUT2D eigenvalue weighted by atomic mass is 10.2. The van der Waals surface area contributed by atoms with E-state index in [1.807, 2.05) is 25.1 Å². The molecule has 1 N–H and O–H groups in total. The van der Waals surface area contributed by atoms with Gasteiger partial charge in [0.05, 0.1) is 28.8 Å². The van der Waals surface area contributed by atoms with Crippen LogP contribution in [0.25, 0.3) is 0 Å². The fourth-order valence-corrected chi connectivity index (χ4v) is 4.67. The molecule has 3 aromatic carbocycles. The summed E-state index contributed by atoms with van der Waals surface area (Å²) in [5, 5.41) is 15.3. The van der Waals surface area contributed by atoms with Gasteiger partial charge in [-0.2, -0.15) is 5.10 Å². The van der Waals surface area contributed by atoms with Crippen LogP contribution in [0.5, 0.6) is 5.75 Å². The summed E-state index contributed by atoms with van der Waals surface area (Å²) in [6, 6.07) is 17.1. The van der Waals surface area contributed by atoms with Crippen LogP contribution in [0, 0.1) is 24.0 Å². The third-order valence-corrected chi connectivity index (χ3v) is 6.83. The molecule has 3 aromatic rings. The second-order valence-corrected chi connectivity index (χ2v) is 9.48. The minimum atomic E-state index is -4.35. The van der Waals surface area contributed by atoms with Crippen LogP contribution in [0.1, 0.15) is 16.7 Å². The van der Waals surface area contributed by atoms with Crippen molar-refractivity contribution in [1.82, 2.24) is 5.43 Å². The Balaban J connectivity index is 1.92. The molecule has 0 atom stereocenters. The fourth-order valence-electron chi connectivity index (χ4n) is 3.23. The molecule has 10 nitrogen and oxygen atoms in total. The SMILES string of the molecule is COc1ccc(N(CC(=O)N/N=C/c2cccc(C)c2)S(=O)(=O)c2ccc(C)c([N+](=O)[O-])c2)cc1. The Morgan fingerprint density at radius 1 is 1.11 bits per heavy atom. The van der Waals surface area contributed by atoms with Crippen LogP contribution >= 0.6 is 0 Å². The number of ether oxygens (including phenoxy) is 1. The van der Waals surface area contributed by atoms with Crippen LogP contribution in [-0.4, -0.2) is 39.1 Å². The number of rotatable bonds is 9. The molecule has 0 aliphatic heterocycles. The van der Waals surface area contributed by atoms with Crippen molar-refractivity contribution >= 4 is 33.5 Å². The van der Waals surface area contributed by atoms with Gasteiger partial charge in [-0.3, -0.25) is 19.2 Å². The van der Waals surface area contributed by atoms with Crippen molar-refractivity contribution in [3.05, 3.63) is 93.5 Å². The van der Waals surface area contributed by atoms with E-state index in [1.165, 1.54) is 44.5 Å². The van der Waals surface area contributed by atoms with E-state index in [0.717, 1.165) is 21.5 Å². The molecule has 1 amide bonds. The molecule has 182 valence electrons. The van der Waals surface area contributed by atoms with Crippen LogP contribution in [-0.2, 0) is 14.8 Å². The molecule has 0 heterocycles. The fraction of sp³-hybridized carbons (Fsp3) is 0.167. The lowest BCUT2D eigenvalue weighted by Crippen LogP contribution is -2.39. The number of aryl methyl sites for hydroxylation is 2. The first kappa shape index (κ1) is 25.4. The molecule has 0 aromatic heterocycles. The number of sulfonamides is 1. The first-order valence-electron chi connectivity index (χ1n) is 10.4. The number of nitrogens with zero attached hydrogens (tertiary/aromatic N) is 3. The van der Waals surface area contributed by atoms with E-state index in [4.69, 9.17) is 4.74 Å². The molecule has 0 unspecified atom stereocenters. The van der Waals surface area contributed by atoms with Crippen molar-refractivity contribution in [1.29, 1.82) is 0 Å². The topological polar surface area (TPSA) is 131 Å². The molecule has 3 rings (SSSR count). The minimum absolute atomic E-state index is 0.173. The van der Waals surface area contributed by atoms with Gasteiger partial charge in [-0.15, -0.1) is 0 Å². The Labute approximate surface area is 203 Å². The first-order valence-corrected chi connectivity index (χ1v) is 11.9. The Bertz CT molecular complexity index is 1370. The van der Waals surface area contributed by atoms with Crippen LogP contribution in [0.2, 0.25) is 0 Å². The zero-order valence-electron chi connectivity index (χ0n) is 19.3. The number of nitro groups is 1. The summed E-state index contributed by atoms with van der Waals surface area (Å²) in [6.07, 6.45) is 1.44. The standard InChI is InChI=1S/C24H24N4O6S/c1-17-5-4-6-19(13-17)15-25-26-24(29)16-27(20-8-10-21(34-3)11-9-20)35(32,33)22-12-7-18(2)23(14-22)28(30)31/h4-15H,16H2,1-3H3,(H,26,29)/b25-15+. The van der Waals surface area contributed by atoms with Gasteiger partial charge in [-0.1, -0.05) is 35.9 Å². The number of hydrazone groups is 1. The average molecular weight is 497 g/mol. The second-order valence-electron chi connectivity index (χ2n) is 7.62. The number of carbonyl (C=O) groups excluding carboxylic acids is 1. The molecule has 0 saturated heterocycles. The van der Waals surface area contributed by atoms with Crippen molar-refractivity contribution in [2.45, 2.75) is 18.7 Å². The van der Waals surface area contributed by atoms with Crippen LogP contribution < -0.4 is 14.5 Å². The maximum atomic E-state index is 13.5.